The molecule has 1 aliphatic heterocycles. The van der Waals surface area contributed by atoms with E-state index >= 15 is 0 Å². The summed E-state index contributed by atoms with van der Waals surface area (Å²) in [4.78, 5) is 40.5. The third-order valence-electron chi connectivity index (χ3n) is 6.22. The van der Waals surface area contributed by atoms with Crippen molar-refractivity contribution >= 4 is 17.5 Å². The van der Waals surface area contributed by atoms with Gasteiger partial charge in [0.2, 0.25) is 11.8 Å². The van der Waals surface area contributed by atoms with Gasteiger partial charge in [-0.2, -0.15) is 0 Å². The molecule has 0 N–H and O–H groups in total. The van der Waals surface area contributed by atoms with E-state index in [1.807, 2.05) is 30.3 Å². The van der Waals surface area contributed by atoms with E-state index in [-0.39, 0.29) is 46.7 Å². The van der Waals surface area contributed by atoms with Crippen LogP contribution in [0.25, 0.3) is 5.69 Å². The van der Waals surface area contributed by atoms with Gasteiger partial charge in [0, 0.05) is 7.05 Å². The first-order valence-electron chi connectivity index (χ1n) is 8.91. The number of para-hydroxylation sites is 1. The fourth-order valence-electron chi connectivity index (χ4n) is 4.93. The molecule has 2 fully saturated rings. The highest BCUT2D eigenvalue weighted by atomic mass is 16.2. The number of hydrogen-bond acceptors (Lipinski definition) is 3. The molecule has 3 aliphatic rings. The maximum absolute atomic E-state index is 13.2. The molecule has 1 saturated heterocycles. The number of carbonyl (C=O) groups excluding carboxylic acids is 2. The molecule has 6 nitrogen and oxygen atoms in total. The highest BCUT2D eigenvalue weighted by Crippen LogP contribution is 2.53. The maximum Gasteiger partial charge on any atom is 0.296 e. The number of imide groups is 1. The largest absolute Gasteiger partial charge is 0.296 e. The van der Waals surface area contributed by atoms with Crippen LogP contribution >= 0.6 is 0 Å². The molecular weight excluding hydrogens is 330 g/mol. The van der Waals surface area contributed by atoms with Crippen molar-refractivity contribution in [3.63, 3.8) is 0 Å². The molecule has 1 aromatic heterocycles. The monoisotopic (exact) mass is 349 g/mol. The van der Waals surface area contributed by atoms with Gasteiger partial charge in [-0.15, -0.1) is 0 Å². The Labute approximate surface area is 150 Å². The third kappa shape index (κ3) is 1.74. The molecular formula is C20H19N3O3. The Balaban J connectivity index is 1.66. The van der Waals surface area contributed by atoms with Crippen LogP contribution in [0.5, 0.6) is 0 Å². The zero-order valence-corrected chi connectivity index (χ0v) is 14.6. The Hall–Kier alpha value is -2.89. The van der Waals surface area contributed by atoms with Crippen molar-refractivity contribution in [1.29, 1.82) is 0 Å². The molecule has 0 unspecified atom stereocenters. The van der Waals surface area contributed by atoms with E-state index in [2.05, 4.69) is 12.2 Å². The minimum atomic E-state index is -0.335. The predicted molar refractivity (Wildman–Crippen MR) is 96.0 cm³/mol. The molecule has 2 bridgehead atoms. The Morgan fingerprint density at radius 1 is 0.923 bits per heavy atom. The summed E-state index contributed by atoms with van der Waals surface area (Å²) in [5, 5.41) is 0. The Bertz CT molecular complexity index is 1000. The summed E-state index contributed by atoms with van der Waals surface area (Å²) in [6.07, 6.45) is 4.99. The second-order valence-corrected chi connectivity index (χ2v) is 7.42. The fraction of sp³-hybridized carbons (Fsp3) is 0.350. The van der Waals surface area contributed by atoms with Crippen molar-refractivity contribution < 1.29 is 9.59 Å². The molecule has 5 rings (SSSR count). The number of allylic oxidation sites excluding steroid dienone is 2. The van der Waals surface area contributed by atoms with Crippen molar-refractivity contribution in [2.75, 3.05) is 4.90 Å². The van der Waals surface area contributed by atoms with Crippen LogP contribution in [-0.2, 0) is 16.6 Å². The van der Waals surface area contributed by atoms with E-state index in [4.69, 9.17) is 0 Å². The summed E-state index contributed by atoms with van der Waals surface area (Å²) in [5.41, 5.74) is 1.18. The summed E-state index contributed by atoms with van der Waals surface area (Å²) < 4.78 is 3.21. The first kappa shape index (κ1) is 15.4. The van der Waals surface area contributed by atoms with E-state index < -0.39 is 0 Å². The SMILES string of the molecule is Cc1c(N2C(=O)[C@@H]3[C@H](C2=O)[C@H]2C=C[C@@H]3C2)c(=O)n(-c2ccccc2)n1C. The Morgan fingerprint density at radius 2 is 1.50 bits per heavy atom. The second-order valence-electron chi connectivity index (χ2n) is 7.42. The molecule has 4 atom stereocenters. The molecule has 0 spiro atoms. The number of hydrogen-bond donors (Lipinski definition) is 0. The van der Waals surface area contributed by atoms with Gasteiger partial charge in [0.1, 0.15) is 5.69 Å². The van der Waals surface area contributed by atoms with Gasteiger partial charge in [0.25, 0.3) is 5.56 Å². The van der Waals surface area contributed by atoms with Crippen molar-refractivity contribution in [2.24, 2.45) is 30.7 Å². The lowest BCUT2D eigenvalue weighted by Crippen LogP contribution is -2.36. The number of carbonyl (C=O) groups is 2. The quantitative estimate of drug-likeness (QED) is 0.613. The summed E-state index contributed by atoms with van der Waals surface area (Å²) in [5.74, 6) is -0.785. The van der Waals surface area contributed by atoms with Crippen molar-refractivity contribution in [1.82, 2.24) is 9.36 Å². The van der Waals surface area contributed by atoms with Crippen molar-refractivity contribution in [3.05, 3.63) is 58.5 Å². The van der Waals surface area contributed by atoms with Gasteiger partial charge in [-0.3, -0.25) is 19.1 Å². The van der Waals surface area contributed by atoms with Crippen LogP contribution in [0.2, 0.25) is 0 Å². The lowest BCUT2D eigenvalue weighted by atomic mass is 9.85. The lowest BCUT2D eigenvalue weighted by molar-refractivity contribution is -0.123. The van der Waals surface area contributed by atoms with Crippen LogP contribution in [0.15, 0.2) is 47.3 Å². The van der Waals surface area contributed by atoms with Gasteiger partial charge in [-0.25, -0.2) is 9.58 Å². The van der Waals surface area contributed by atoms with Gasteiger partial charge < -0.3 is 0 Å². The average molecular weight is 349 g/mol. The fourth-order valence-corrected chi connectivity index (χ4v) is 4.93. The van der Waals surface area contributed by atoms with Crippen LogP contribution in [0.1, 0.15) is 12.1 Å². The van der Waals surface area contributed by atoms with Crippen LogP contribution in [0.4, 0.5) is 5.69 Å². The molecule has 0 radical (unpaired) electrons. The molecule has 132 valence electrons. The summed E-state index contributed by atoms with van der Waals surface area (Å²) >= 11 is 0. The van der Waals surface area contributed by atoms with Crippen LogP contribution in [0, 0.1) is 30.6 Å². The van der Waals surface area contributed by atoms with Gasteiger partial charge in [-0.05, 0) is 37.3 Å². The number of anilines is 1. The molecule has 2 aromatic rings. The molecule has 2 aliphatic carbocycles. The van der Waals surface area contributed by atoms with E-state index in [9.17, 15) is 14.4 Å². The number of aromatic nitrogens is 2. The van der Waals surface area contributed by atoms with E-state index in [0.29, 0.717) is 11.4 Å². The number of nitrogens with zero attached hydrogens (tertiary/aromatic N) is 3. The Kier molecular flexibility index (Phi) is 2.99. The van der Waals surface area contributed by atoms with Gasteiger partial charge >= 0.3 is 0 Å². The summed E-state index contributed by atoms with van der Waals surface area (Å²) in [6, 6.07) is 9.24. The smallest absolute Gasteiger partial charge is 0.283 e. The average Bonchev–Trinajstić information content (AvgIpc) is 3.36. The van der Waals surface area contributed by atoms with E-state index in [1.54, 1.807) is 18.7 Å². The number of benzene rings is 1. The number of fused-ring (bicyclic) bond motifs is 5. The number of rotatable bonds is 2. The molecule has 1 saturated carbocycles. The Morgan fingerprint density at radius 3 is 2.08 bits per heavy atom. The van der Waals surface area contributed by atoms with Gasteiger partial charge in [0.15, 0.2) is 0 Å². The van der Waals surface area contributed by atoms with Crippen LogP contribution in [-0.4, -0.2) is 21.2 Å². The first-order chi connectivity index (χ1) is 12.5. The minimum absolute atomic E-state index is 0.131. The van der Waals surface area contributed by atoms with Gasteiger partial charge in [-0.1, -0.05) is 30.4 Å². The van der Waals surface area contributed by atoms with E-state index in [1.165, 1.54) is 9.58 Å². The van der Waals surface area contributed by atoms with Gasteiger partial charge in [0.05, 0.1) is 23.2 Å². The van der Waals surface area contributed by atoms with Crippen molar-refractivity contribution in [2.45, 2.75) is 13.3 Å². The van der Waals surface area contributed by atoms with Crippen molar-refractivity contribution in [3.8, 4) is 5.69 Å². The highest BCUT2D eigenvalue weighted by Gasteiger charge is 2.60. The summed E-state index contributed by atoms with van der Waals surface area (Å²) in [6.45, 7) is 1.78. The zero-order chi connectivity index (χ0) is 18.2. The highest BCUT2D eigenvalue weighted by molar-refractivity contribution is 6.23. The molecule has 6 heteroatoms. The van der Waals surface area contributed by atoms with Crippen LogP contribution in [0.3, 0.4) is 0 Å². The standard InChI is InChI=1S/C20H19N3O3/c1-11-17(20(26)23(21(11)2)14-6-4-3-5-7-14)22-18(24)15-12-8-9-13(10-12)16(15)19(22)25/h3-9,12-13,15-16H,10H2,1-2H3/t12-,13+,15+,16-. The topological polar surface area (TPSA) is 64.3 Å². The molecule has 2 amide bonds. The van der Waals surface area contributed by atoms with Crippen LogP contribution < -0.4 is 10.5 Å². The second kappa shape index (κ2) is 5.06. The lowest BCUT2D eigenvalue weighted by Gasteiger charge is -2.15. The number of amides is 2. The zero-order valence-electron chi connectivity index (χ0n) is 14.6. The molecule has 26 heavy (non-hydrogen) atoms. The molecule has 1 aromatic carbocycles. The molecule has 2 heterocycles. The predicted octanol–water partition coefficient (Wildman–Crippen LogP) is 1.80. The normalized spacial score (nSPS) is 29.1. The van der Waals surface area contributed by atoms with E-state index in [0.717, 1.165) is 6.42 Å². The maximum atomic E-state index is 13.2. The summed E-state index contributed by atoms with van der Waals surface area (Å²) in [7, 11) is 1.77. The minimum Gasteiger partial charge on any atom is -0.283 e. The third-order valence-corrected chi connectivity index (χ3v) is 6.22. The first-order valence-corrected chi connectivity index (χ1v) is 8.91.